The summed E-state index contributed by atoms with van der Waals surface area (Å²) in [6, 6.07) is 9.09. The van der Waals surface area contributed by atoms with Gasteiger partial charge in [0.15, 0.2) is 0 Å². The minimum atomic E-state index is -4.40. The second-order valence-corrected chi connectivity index (χ2v) is 10.3. The predicted molar refractivity (Wildman–Crippen MR) is 119 cm³/mol. The van der Waals surface area contributed by atoms with E-state index in [1.54, 1.807) is 12.1 Å². The van der Waals surface area contributed by atoms with Crippen molar-refractivity contribution in [2.75, 3.05) is 11.5 Å². The van der Waals surface area contributed by atoms with Gasteiger partial charge in [-0.05, 0) is 29.9 Å². The van der Waals surface area contributed by atoms with Crippen LogP contribution in [0.1, 0.15) is 70.3 Å². The molecular weight excluding hydrogens is 393 g/mol. The second-order valence-electron chi connectivity index (χ2n) is 7.14. The van der Waals surface area contributed by atoms with Gasteiger partial charge in [0.2, 0.25) is 5.91 Å². The van der Waals surface area contributed by atoms with Crippen LogP contribution < -0.4 is 5.32 Å². The highest BCUT2D eigenvalue weighted by Crippen LogP contribution is 2.41. The molecule has 0 saturated heterocycles. The number of unbranched alkanes of at least 4 members (excludes halogenated alkanes) is 7. The van der Waals surface area contributed by atoms with E-state index in [1.165, 1.54) is 43.6 Å². The van der Waals surface area contributed by atoms with Crippen LogP contribution in [0.2, 0.25) is 0 Å². The summed E-state index contributed by atoms with van der Waals surface area (Å²) in [5.74, 6) is 1.03. The molecule has 3 N–H and O–H groups in total. The van der Waals surface area contributed by atoms with Gasteiger partial charge in [-0.15, -0.1) is 0 Å². The summed E-state index contributed by atoms with van der Waals surface area (Å²) in [5.41, 5.74) is 0.796. The van der Waals surface area contributed by atoms with Crippen molar-refractivity contribution in [1.29, 1.82) is 0 Å². The van der Waals surface area contributed by atoms with Crippen molar-refractivity contribution >= 4 is 25.3 Å². The molecule has 1 aromatic rings. The molecule has 0 heterocycles. The first-order chi connectivity index (χ1) is 13.4. The molecule has 0 spiro atoms. The summed E-state index contributed by atoms with van der Waals surface area (Å²) in [6.45, 7) is 2.20. The Bertz CT molecular complexity index is 579. The molecule has 0 aromatic heterocycles. The third kappa shape index (κ3) is 12.6. The second kappa shape index (κ2) is 15.1. The lowest BCUT2D eigenvalue weighted by Gasteiger charge is -2.20. The largest absolute Gasteiger partial charge is 0.347 e. The summed E-state index contributed by atoms with van der Waals surface area (Å²) in [5, 5.41) is 2.54. The number of rotatable bonds is 16. The molecule has 7 heteroatoms. The molecule has 1 amide bonds. The fourth-order valence-corrected chi connectivity index (χ4v) is 4.50. The number of hydrogen-bond donors (Lipinski definition) is 3. The molecule has 0 aliphatic heterocycles. The van der Waals surface area contributed by atoms with Crippen molar-refractivity contribution in [3.63, 3.8) is 0 Å². The Labute approximate surface area is 174 Å². The number of hydrogen-bond acceptors (Lipinski definition) is 3. The number of thioether (sulfide) groups is 1. The van der Waals surface area contributed by atoms with Crippen molar-refractivity contribution in [2.45, 2.75) is 76.9 Å². The van der Waals surface area contributed by atoms with Crippen LogP contribution in [0, 0.1) is 0 Å². The first-order valence-electron chi connectivity index (χ1n) is 10.4. The van der Waals surface area contributed by atoms with Gasteiger partial charge in [-0.2, -0.15) is 11.8 Å². The zero-order chi connectivity index (χ0) is 20.7. The highest BCUT2D eigenvalue weighted by atomic mass is 32.2. The molecular formula is C21H36NO4PS. The topological polar surface area (TPSA) is 86.6 Å². The lowest BCUT2D eigenvalue weighted by Crippen LogP contribution is -2.36. The Balaban J connectivity index is 2.15. The van der Waals surface area contributed by atoms with E-state index in [1.807, 2.05) is 30.0 Å². The van der Waals surface area contributed by atoms with Gasteiger partial charge in [-0.25, -0.2) is 0 Å². The van der Waals surface area contributed by atoms with Gasteiger partial charge in [0.25, 0.3) is 0 Å². The van der Waals surface area contributed by atoms with Gasteiger partial charge in [-0.3, -0.25) is 9.36 Å². The van der Waals surface area contributed by atoms with Crippen LogP contribution in [-0.2, 0) is 15.8 Å². The van der Waals surface area contributed by atoms with E-state index in [0.717, 1.165) is 24.8 Å². The monoisotopic (exact) mass is 429 g/mol. The number of carbonyl (C=O) groups is 1. The summed E-state index contributed by atoms with van der Waals surface area (Å²) in [4.78, 5) is 31.2. The van der Waals surface area contributed by atoms with Gasteiger partial charge in [0.05, 0.1) is 0 Å². The lowest BCUT2D eigenvalue weighted by atomic mass is 10.1. The maximum absolute atomic E-state index is 12.1. The average molecular weight is 430 g/mol. The zero-order valence-electron chi connectivity index (χ0n) is 17.0. The van der Waals surface area contributed by atoms with Crippen LogP contribution in [0.4, 0.5) is 0 Å². The third-order valence-corrected chi connectivity index (χ3v) is 6.76. The maximum atomic E-state index is 12.1. The quantitative estimate of drug-likeness (QED) is 0.251. The molecule has 28 heavy (non-hydrogen) atoms. The first-order valence-corrected chi connectivity index (χ1v) is 13.2. The first kappa shape index (κ1) is 25.2. The third-order valence-electron chi connectivity index (χ3n) is 4.65. The Morgan fingerprint density at radius 2 is 1.57 bits per heavy atom. The lowest BCUT2D eigenvalue weighted by molar-refractivity contribution is -0.121. The van der Waals surface area contributed by atoms with Gasteiger partial charge in [0.1, 0.15) is 5.78 Å². The van der Waals surface area contributed by atoms with E-state index in [9.17, 15) is 19.1 Å². The van der Waals surface area contributed by atoms with Gasteiger partial charge in [-0.1, -0.05) is 75.8 Å². The van der Waals surface area contributed by atoms with Crippen LogP contribution in [0.5, 0.6) is 0 Å². The van der Waals surface area contributed by atoms with Crippen molar-refractivity contribution in [2.24, 2.45) is 0 Å². The van der Waals surface area contributed by atoms with Crippen LogP contribution in [0.25, 0.3) is 0 Å². The molecule has 0 bridgehead atoms. The van der Waals surface area contributed by atoms with Crippen LogP contribution in [0.3, 0.4) is 0 Å². The van der Waals surface area contributed by atoms with Crippen molar-refractivity contribution in [1.82, 2.24) is 5.32 Å². The minimum absolute atomic E-state index is 0.133. The molecule has 0 saturated carbocycles. The summed E-state index contributed by atoms with van der Waals surface area (Å²) < 4.78 is 11.7. The fraction of sp³-hybridized carbons (Fsp3) is 0.667. The van der Waals surface area contributed by atoms with Crippen LogP contribution >= 0.6 is 19.4 Å². The van der Waals surface area contributed by atoms with E-state index in [-0.39, 0.29) is 12.3 Å². The molecule has 160 valence electrons. The standard InChI is InChI=1S/C21H36NO4PS/c1-2-28-17-13-8-6-4-3-5-7-12-16-20(23)22-21(27(24,25)26)18-19-14-10-9-11-15-19/h9-11,14-15,21H,2-8,12-13,16-18H2,1H3,(H,22,23)(H2,24,25,26). The Kier molecular flexibility index (Phi) is 13.6. The van der Waals surface area contributed by atoms with Gasteiger partial charge >= 0.3 is 7.60 Å². The summed E-state index contributed by atoms with van der Waals surface area (Å²) in [6.07, 6.45) is 9.66. The van der Waals surface area contributed by atoms with Crippen molar-refractivity contribution < 1.29 is 19.1 Å². The molecule has 5 nitrogen and oxygen atoms in total. The van der Waals surface area contributed by atoms with E-state index >= 15 is 0 Å². The number of benzene rings is 1. The van der Waals surface area contributed by atoms with Gasteiger partial charge in [0, 0.05) is 12.8 Å². The molecule has 0 radical (unpaired) electrons. The van der Waals surface area contributed by atoms with E-state index in [2.05, 4.69) is 12.2 Å². The zero-order valence-corrected chi connectivity index (χ0v) is 18.7. The van der Waals surface area contributed by atoms with Crippen LogP contribution in [-0.4, -0.2) is 33.0 Å². The molecule has 0 aliphatic carbocycles. The molecule has 1 atom stereocenters. The minimum Gasteiger partial charge on any atom is -0.342 e. The Hall–Kier alpha value is -0.810. The molecule has 0 aliphatic rings. The number of carbonyl (C=O) groups excluding carboxylic acids is 1. The fourth-order valence-electron chi connectivity index (χ4n) is 3.04. The highest BCUT2D eigenvalue weighted by Gasteiger charge is 2.30. The maximum Gasteiger partial charge on any atom is 0.347 e. The van der Waals surface area contributed by atoms with Crippen molar-refractivity contribution in [3.05, 3.63) is 35.9 Å². The summed E-state index contributed by atoms with van der Waals surface area (Å²) >= 11 is 2.00. The Morgan fingerprint density at radius 3 is 2.14 bits per heavy atom. The summed E-state index contributed by atoms with van der Waals surface area (Å²) in [7, 11) is -4.40. The number of amides is 1. The molecule has 1 rings (SSSR count). The van der Waals surface area contributed by atoms with E-state index < -0.39 is 13.4 Å². The highest BCUT2D eigenvalue weighted by molar-refractivity contribution is 7.99. The normalized spacial score (nSPS) is 12.7. The van der Waals surface area contributed by atoms with Crippen molar-refractivity contribution in [3.8, 4) is 0 Å². The van der Waals surface area contributed by atoms with E-state index in [0.29, 0.717) is 6.42 Å². The van der Waals surface area contributed by atoms with Crippen LogP contribution in [0.15, 0.2) is 30.3 Å². The average Bonchev–Trinajstić information content (AvgIpc) is 2.65. The SMILES string of the molecule is CCSCCCCCCCCCCC(=O)NC(Cc1ccccc1)P(=O)(O)O. The van der Waals surface area contributed by atoms with E-state index in [4.69, 9.17) is 0 Å². The molecule has 1 aromatic carbocycles. The number of nitrogens with one attached hydrogen (secondary N) is 1. The molecule has 0 fully saturated rings. The predicted octanol–water partition coefficient (Wildman–Crippen LogP) is 5.11. The van der Waals surface area contributed by atoms with Gasteiger partial charge < -0.3 is 15.1 Å². The Morgan fingerprint density at radius 1 is 1.00 bits per heavy atom. The molecule has 1 unspecified atom stereocenters. The smallest absolute Gasteiger partial charge is 0.342 e.